The number of carbonyl (C=O) groups is 2. The summed E-state index contributed by atoms with van der Waals surface area (Å²) in [5.41, 5.74) is 1.60. The van der Waals surface area contributed by atoms with E-state index >= 15 is 0 Å². The first kappa shape index (κ1) is 17.2. The summed E-state index contributed by atoms with van der Waals surface area (Å²) in [5.74, 6) is -0.461. The molecule has 2 aromatic rings. The maximum Gasteiger partial charge on any atom is 0.319 e. The van der Waals surface area contributed by atoms with Gasteiger partial charge in [0.15, 0.2) is 0 Å². The monoisotopic (exact) mass is 361 g/mol. The number of aryl methyl sites for hydroxylation is 1. The van der Waals surface area contributed by atoms with Gasteiger partial charge in [-0.05, 0) is 48.9 Å². The molecule has 7 heteroatoms. The van der Waals surface area contributed by atoms with Crippen molar-refractivity contribution < 1.29 is 14.0 Å². The second kappa shape index (κ2) is 7.11. The summed E-state index contributed by atoms with van der Waals surface area (Å²) in [6.07, 6.45) is 0.207. The van der Waals surface area contributed by atoms with Gasteiger partial charge in [-0.25, -0.2) is 9.18 Å². The van der Waals surface area contributed by atoms with Crippen LogP contribution in [0.15, 0.2) is 42.5 Å². The predicted octanol–water partition coefficient (Wildman–Crippen LogP) is 3.71. The van der Waals surface area contributed by atoms with Gasteiger partial charge >= 0.3 is 6.03 Å². The molecule has 25 heavy (non-hydrogen) atoms. The predicted molar refractivity (Wildman–Crippen MR) is 95.5 cm³/mol. The van der Waals surface area contributed by atoms with Gasteiger partial charge in [0.25, 0.3) is 0 Å². The summed E-state index contributed by atoms with van der Waals surface area (Å²) in [6, 6.07) is 10.6. The molecule has 2 N–H and O–H groups in total. The Labute approximate surface area is 149 Å². The second-order valence-corrected chi connectivity index (χ2v) is 6.38. The van der Waals surface area contributed by atoms with Crippen molar-refractivity contribution in [3.63, 3.8) is 0 Å². The summed E-state index contributed by atoms with van der Waals surface area (Å²) in [4.78, 5) is 25.8. The second-order valence-electron chi connectivity index (χ2n) is 5.94. The number of urea groups is 1. The number of nitrogens with one attached hydrogen (secondary N) is 2. The molecule has 0 saturated carbocycles. The van der Waals surface area contributed by atoms with Gasteiger partial charge < -0.3 is 15.5 Å². The number of benzene rings is 2. The molecule has 0 aromatic heterocycles. The van der Waals surface area contributed by atoms with E-state index in [0.29, 0.717) is 22.8 Å². The van der Waals surface area contributed by atoms with Crippen LogP contribution in [0.25, 0.3) is 0 Å². The van der Waals surface area contributed by atoms with Gasteiger partial charge in [0.05, 0.1) is 6.04 Å². The van der Waals surface area contributed by atoms with E-state index in [1.807, 2.05) is 0 Å². The lowest BCUT2D eigenvalue weighted by molar-refractivity contribution is -0.117. The van der Waals surface area contributed by atoms with E-state index in [1.165, 1.54) is 6.07 Å². The van der Waals surface area contributed by atoms with Gasteiger partial charge in [0.1, 0.15) is 5.82 Å². The third-order valence-electron chi connectivity index (χ3n) is 4.03. The molecule has 0 aliphatic carbocycles. The Morgan fingerprint density at radius 2 is 1.96 bits per heavy atom. The third kappa shape index (κ3) is 4.09. The lowest BCUT2D eigenvalue weighted by Gasteiger charge is -2.17. The fraction of sp³-hybridized carbons (Fsp3) is 0.222. The number of nitrogens with zero attached hydrogens (tertiary/aromatic N) is 1. The topological polar surface area (TPSA) is 61.4 Å². The van der Waals surface area contributed by atoms with Crippen LogP contribution < -0.4 is 15.5 Å². The highest BCUT2D eigenvalue weighted by Crippen LogP contribution is 2.23. The van der Waals surface area contributed by atoms with Crippen molar-refractivity contribution in [3.8, 4) is 0 Å². The first-order valence-corrected chi connectivity index (χ1v) is 8.20. The quantitative estimate of drug-likeness (QED) is 0.875. The molecule has 2 aromatic carbocycles. The molecule has 130 valence electrons. The van der Waals surface area contributed by atoms with Crippen LogP contribution >= 0.6 is 11.6 Å². The normalized spacial score (nSPS) is 16.8. The van der Waals surface area contributed by atoms with E-state index in [9.17, 15) is 14.0 Å². The molecule has 5 nitrogen and oxygen atoms in total. The van der Waals surface area contributed by atoms with Gasteiger partial charge in [-0.3, -0.25) is 4.79 Å². The van der Waals surface area contributed by atoms with Crippen molar-refractivity contribution in [1.29, 1.82) is 0 Å². The average molecular weight is 362 g/mol. The van der Waals surface area contributed by atoms with Crippen LogP contribution in [-0.4, -0.2) is 24.5 Å². The van der Waals surface area contributed by atoms with Crippen LogP contribution in [-0.2, 0) is 4.79 Å². The molecule has 1 saturated heterocycles. The smallest absolute Gasteiger partial charge is 0.319 e. The maximum absolute atomic E-state index is 13.5. The highest BCUT2D eigenvalue weighted by molar-refractivity contribution is 6.30. The van der Waals surface area contributed by atoms with E-state index in [4.69, 9.17) is 11.6 Å². The molecule has 3 amide bonds. The number of anilines is 2. The number of rotatable bonds is 3. The number of carbonyl (C=O) groups excluding carboxylic acids is 2. The molecular weight excluding hydrogens is 345 g/mol. The highest BCUT2D eigenvalue weighted by atomic mass is 35.5. The van der Waals surface area contributed by atoms with Crippen molar-refractivity contribution in [3.05, 3.63) is 58.9 Å². The zero-order chi connectivity index (χ0) is 18.0. The minimum absolute atomic E-state index is 0.0750. The number of hydrogen-bond acceptors (Lipinski definition) is 2. The Balaban J connectivity index is 1.60. The summed E-state index contributed by atoms with van der Waals surface area (Å²) in [6.45, 7) is 2.02. The van der Waals surface area contributed by atoms with Crippen molar-refractivity contribution in [2.45, 2.75) is 19.4 Å². The molecule has 1 aliphatic heterocycles. The minimum Gasteiger partial charge on any atom is -0.333 e. The SMILES string of the molecule is Cc1ccc(NC(=O)N[C@@H]2CC(=O)N(c3ccc(Cl)cc3)C2)cc1F. The molecule has 1 atom stereocenters. The lowest BCUT2D eigenvalue weighted by Crippen LogP contribution is -2.39. The molecule has 1 fully saturated rings. The summed E-state index contributed by atoms with van der Waals surface area (Å²) in [7, 11) is 0. The maximum atomic E-state index is 13.5. The van der Waals surface area contributed by atoms with Crippen LogP contribution in [0.2, 0.25) is 5.02 Å². The van der Waals surface area contributed by atoms with Gasteiger partial charge in [-0.15, -0.1) is 0 Å². The molecule has 0 bridgehead atoms. The Morgan fingerprint density at radius 3 is 2.64 bits per heavy atom. The van der Waals surface area contributed by atoms with Gasteiger partial charge in [0.2, 0.25) is 5.91 Å². The fourth-order valence-corrected chi connectivity index (χ4v) is 2.82. The van der Waals surface area contributed by atoms with Crippen LogP contribution in [0.4, 0.5) is 20.6 Å². The average Bonchev–Trinajstić information content (AvgIpc) is 2.92. The first-order valence-electron chi connectivity index (χ1n) is 7.82. The zero-order valence-electron chi connectivity index (χ0n) is 13.6. The van der Waals surface area contributed by atoms with E-state index in [0.717, 1.165) is 5.69 Å². The fourth-order valence-electron chi connectivity index (χ4n) is 2.70. The highest BCUT2D eigenvalue weighted by Gasteiger charge is 2.31. The molecule has 1 aliphatic rings. The summed E-state index contributed by atoms with van der Waals surface area (Å²) < 4.78 is 13.5. The molecular formula is C18H17ClFN3O2. The summed E-state index contributed by atoms with van der Waals surface area (Å²) >= 11 is 5.85. The minimum atomic E-state index is -0.473. The van der Waals surface area contributed by atoms with E-state index in [1.54, 1.807) is 48.2 Å². The Hall–Kier alpha value is -2.60. The van der Waals surface area contributed by atoms with Crippen molar-refractivity contribution in [2.75, 3.05) is 16.8 Å². The van der Waals surface area contributed by atoms with Crippen LogP contribution in [0.1, 0.15) is 12.0 Å². The van der Waals surface area contributed by atoms with Crippen molar-refractivity contribution in [1.82, 2.24) is 5.32 Å². The Kier molecular flexibility index (Phi) is 4.90. The Bertz CT molecular complexity index is 810. The molecule has 0 spiro atoms. The Morgan fingerprint density at radius 1 is 1.24 bits per heavy atom. The molecule has 3 rings (SSSR count). The van der Waals surface area contributed by atoms with E-state index < -0.39 is 6.03 Å². The van der Waals surface area contributed by atoms with Crippen LogP contribution in [0.5, 0.6) is 0 Å². The van der Waals surface area contributed by atoms with Crippen LogP contribution in [0.3, 0.4) is 0 Å². The van der Waals surface area contributed by atoms with Gasteiger partial charge in [-0.2, -0.15) is 0 Å². The van der Waals surface area contributed by atoms with Gasteiger partial charge in [-0.1, -0.05) is 17.7 Å². The first-order chi connectivity index (χ1) is 11.9. The largest absolute Gasteiger partial charge is 0.333 e. The number of halogens is 2. The third-order valence-corrected chi connectivity index (χ3v) is 4.28. The number of hydrogen-bond donors (Lipinski definition) is 2. The molecule has 0 unspecified atom stereocenters. The lowest BCUT2D eigenvalue weighted by atomic mass is 10.2. The van der Waals surface area contributed by atoms with Crippen molar-refractivity contribution >= 4 is 34.9 Å². The van der Waals surface area contributed by atoms with Crippen LogP contribution in [0, 0.1) is 12.7 Å². The van der Waals surface area contributed by atoms with E-state index in [-0.39, 0.29) is 24.2 Å². The molecule has 0 radical (unpaired) electrons. The standard InChI is InChI=1S/C18H17ClFN3O2/c1-11-2-5-13(8-16(11)20)21-18(25)22-14-9-17(24)23(10-14)15-6-3-12(19)4-7-15/h2-8,14H,9-10H2,1H3,(H2,21,22,25)/t14-/m1/s1. The van der Waals surface area contributed by atoms with E-state index in [2.05, 4.69) is 10.6 Å². The number of amides is 3. The summed E-state index contributed by atoms with van der Waals surface area (Å²) in [5, 5.41) is 5.91. The zero-order valence-corrected chi connectivity index (χ0v) is 14.3. The van der Waals surface area contributed by atoms with Gasteiger partial charge in [0, 0.05) is 29.4 Å². The van der Waals surface area contributed by atoms with Crippen molar-refractivity contribution in [2.24, 2.45) is 0 Å². The molecule has 1 heterocycles.